The first-order valence-electron chi connectivity index (χ1n) is 5.98. The summed E-state index contributed by atoms with van der Waals surface area (Å²) < 4.78 is 0. The molecule has 4 N–H and O–H groups in total. The van der Waals surface area contributed by atoms with Gasteiger partial charge in [-0.2, -0.15) is 15.2 Å². The predicted octanol–water partition coefficient (Wildman–Crippen LogP) is 2.76. The second kappa shape index (κ2) is 6.08. The maximum atomic E-state index is 8.96. The van der Waals surface area contributed by atoms with Crippen LogP contribution in [0.1, 0.15) is 12.7 Å². The summed E-state index contributed by atoms with van der Waals surface area (Å²) in [4.78, 5) is 8.10. The van der Waals surface area contributed by atoms with Gasteiger partial charge < -0.3 is 16.4 Å². The highest BCUT2D eigenvalue weighted by Gasteiger charge is 2.11. The molecule has 2 aromatic rings. The van der Waals surface area contributed by atoms with E-state index in [1.54, 1.807) is 24.3 Å². The summed E-state index contributed by atoms with van der Waals surface area (Å²) in [6.45, 7) is 2.56. The highest BCUT2D eigenvalue weighted by molar-refractivity contribution is 6.30. The second-order valence-corrected chi connectivity index (χ2v) is 4.37. The minimum atomic E-state index is 0.0478. The van der Waals surface area contributed by atoms with Crippen molar-refractivity contribution in [3.8, 4) is 6.07 Å². The highest BCUT2D eigenvalue weighted by Crippen LogP contribution is 2.27. The first-order valence-corrected chi connectivity index (χ1v) is 6.36. The molecule has 20 heavy (non-hydrogen) atoms. The molecule has 0 aliphatic rings. The van der Waals surface area contributed by atoms with E-state index in [1.165, 1.54) is 0 Å². The lowest BCUT2D eigenvalue weighted by Crippen LogP contribution is -2.09. The van der Waals surface area contributed by atoms with E-state index in [2.05, 4.69) is 20.6 Å². The van der Waals surface area contributed by atoms with Gasteiger partial charge in [0.25, 0.3) is 0 Å². The van der Waals surface area contributed by atoms with Crippen LogP contribution in [0, 0.1) is 11.3 Å². The Morgan fingerprint density at radius 3 is 2.50 bits per heavy atom. The van der Waals surface area contributed by atoms with Crippen LogP contribution in [-0.2, 0) is 0 Å². The van der Waals surface area contributed by atoms with Gasteiger partial charge in [0.15, 0.2) is 11.6 Å². The van der Waals surface area contributed by atoms with Crippen LogP contribution in [0.15, 0.2) is 24.3 Å². The van der Waals surface area contributed by atoms with Crippen LogP contribution < -0.4 is 16.4 Å². The molecular weight excluding hydrogens is 276 g/mol. The number of nitrogens with zero attached hydrogens (tertiary/aromatic N) is 3. The van der Waals surface area contributed by atoms with Gasteiger partial charge >= 0.3 is 0 Å². The van der Waals surface area contributed by atoms with Crippen LogP contribution in [0.5, 0.6) is 0 Å². The number of hydrogen-bond donors (Lipinski definition) is 3. The minimum Gasteiger partial charge on any atom is -0.393 e. The highest BCUT2D eigenvalue weighted by atomic mass is 35.5. The number of anilines is 4. The molecule has 102 valence electrons. The zero-order chi connectivity index (χ0) is 14.5. The average Bonchev–Trinajstić information content (AvgIpc) is 2.45. The normalized spacial score (nSPS) is 9.85. The zero-order valence-corrected chi connectivity index (χ0v) is 11.6. The van der Waals surface area contributed by atoms with Gasteiger partial charge in [-0.25, -0.2) is 0 Å². The number of nitrogen functional groups attached to an aromatic ring is 1. The Labute approximate surface area is 121 Å². The predicted molar refractivity (Wildman–Crippen MR) is 80.1 cm³/mol. The number of aromatic nitrogens is 2. The molecular formula is C13H13ClN6. The van der Waals surface area contributed by atoms with Crippen LogP contribution in [0.25, 0.3) is 0 Å². The molecule has 7 heteroatoms. The summed E-state index contributed by atoms with van der Waals surface area (Å²) in [7, 11) is 0. The summed E-state index contributed by atoms with van der Waals surface area (Å²) in [5, 5.41) is 15.6. The molecule has 1 heterocycles. The van der Waals surface area contributed by atoms with Crippen molar-refractivity contribution in [1.82, 2.24) is 9.97 Å². The third kappa shape index (κ3) is 3.08. The van der Waals surface area contributed by atoms with Gasteiger partial charge in [-0.05, 0) is 31.2 Å². The minimum absolute atomic E-state index is 0.0478. The van der Waals surface area contributed by atoms with Crippen molar-refractivity contribution >= 4 is 34.6 Å². The van der Waals surface area contributed by atoms with Gasteiger partial charge in [0.1, 0.15) is 11.8 Å². The molecule has 1 aromatic heterocycles. The van der Waals surface area contributed by atoms with Gasteiger partial charge in [0, 0.05) is 17.3 Å². The first-order chi connectivity index (χ1) is 9.63. The molecule has 1 aromatic carbocycles. The second-order valence-electron chi connectivity index (χ2n) is 3.93. The molecule has 0 spiro atoms. The first kappa shape index (κ1) is 13.9. The van der Waals surface area contributed by atoms with Crippen molar-refractivity contribution in [1.29, 1.82) is 5.26 Å². The van der Waals surface area contributed by atoms with Crippen molar-refractivity contribution < 1.29 is 0 Å². The molecule has 0 bridgehead atoms. The summed E-state index contributed by atoms with van der Waals surface area (Å²) in [5.41, 5.74) is 7.12. The van der Waals surface area contributed by atoms with Crippen LogP contribution in [0.2, 0.25) is 5.02 Å². The Hall–Kier alpha value is -2.52. The Bertz CT molecular complexity index is 647. The van der Waals surface area contributed by atoms with Gasteiger partial charge in [-0.15, -0.1) is 0 Å². The molecule has 0 radical (unpaired) electrons. The van der Waals surface area contributed by atoms with Crippen LogP contribution in [-0.4, -0.2) is 16.5 Å². The van der Waals surface area contributed by atoms with Crippen molar-refractivity contribution in [2.24, 2.45) is 0 Å². The van der Waals surface area contributed by atoms with E-state index >= 15 is 0 Å². The summed E-state index contributed by atoms with van der Waals surface area (Å²) in [5.74, 6) is 0.872. The third-order valence-electron chi connectivity index (χ3n) is 2.50. The zero-order valence-electron chi connectivity index (χ0n) is 10.8. The van der Waals surface area contributed by atoms with E-state index in [1.807, 2.05) is 13.0 Å². The van der Waals surface area contributed by atoms with Gasteiger partial charge in [-0.1, -0.05) is 11.6 Å². The van der Waals surface area contributed by atoms with E-state index in [9.17, 15) is 0 Å². The molecule has 0 unspecified atom stereocenters. The molecule has 0 amide bonds. The number of hydrogen-bond acceptors (Lipinski definition) is 6. The summed E-state index contributed by atoms with van der Waals surface area (Å²) >= 11 is 5.83. The largest absolute Gasteiger partial charge is 0.393 e. The van der Waals surface area contributed by atoms with Crippen molar-refractivity contribution in [3.05, 3.63) is 35.1 Å². The van der Waals surface area contributed by atoms with Crippen molar-refractivity contribution in [3.63, 3.8) is 0 Å². The van der Waals surface area contributed by atoms with Gasteiger partial charge in [0.05, 0.1) is 0 Å². The number of nitriles is 1. The molecule has 0 aliphatic heterocycles. The topological polar surface area (TPSA) is 99.6 Å². The van der Waals surface area contributed by atoms with E-state index < -0.39 is 0 Å². The smallest absolute Gasteiger partial charge is 0.236 e. The Morgan fingerprint density at radius 1 is 1.25 bits per heavy atom. The van der Waals surface area contributed by atoms with E-state index in [0.717, 1.165) is 5.69 Å². The van der Waals surface area contributed by atoms with Crippen molar-refractivity contribution in [2.75, 3.05) is 22.9 Å². The van der Waals surface area contributed by atoms with Crippen LogP contribution >= 0.6 is 11.6 Å². The molecule has 0 saturated heterocycles. The molecule has 2 rings (SSSR count). The summed E-state index contributed by atoms with van der Waals surface area (Å²) in [6.07, 6.45) is 0. The lowest BCUT2D eigenvalue weighted by molar-refractivity contribution is 1.08. The average molecular weight is 289 g/mol. The number of nitrogens with two attached hydrogens (primary N) is 1. The lowest BCUT2D eigenvalue weighted by Gasteiger charge is -2.12. The lowest BCUT2D eigenvalue weighted by atomic mass is 10.3. The van der Waals surface area contributed by atoms with Crippen LogP contribution in [0.3, 0.4) is 0 Å². The number of benzene rings is 1. The maximum absolute atomic E-state index is 8.96. The number of rotatable bonds is 4. The fraction of sp³-hybridized carbons (Fsp3) is 0.154. The standard InChI is InChI=1S/C13H13ClN6/c1-2-17-12-11(16)13(20-10(7-15)19-12)18-9-5-3-8(14)4-6-9/h3-6H,2,16H2,1H3,(H2,17,18,19,20). The number of nitrogens with one attached hydrogen (secondary N) is 2. The van der Waals surface area contributed by atoms with Crippen molar-refractivity contribution in [2.45, 2.75) is 6.92 Å². The van der Waals surface area contributed by atoms with Gasteiger partial charge in [-0.3, -0.25) is 0 Å². The third-order valence-corrected chi connectivity index (χ3v) is 2.75. The molecule has 0 saturated carbocycles. The SMILES string of the molecule is CCNc1nc(C#N)nc(Nc2ccc(Cl)cc2)c1N. The molecule has 0 fully saturated rings. The van der Waals surface area contributed by atoms with E-state index in [0.29, 0.717) is 28.9 Å². The monoisotopic (exact) mass is 288 g/mol. The van der Waals surface area contributed by atoms with E-state index in [-0.39, 0.29) is 5.82 Å². The fourth-order valence-corrected chi connectivity index (χ4v) is 1.71. The van der Waals surface area contributed by atoms with E-state index in [4.69, 9.17) is 22.6 Å². The van der Waals surface area contributed by atoms with Crippen LogP contribution in [0.4, 0.5) is 23.0 Å². The molecule has 0 aliphatic carbocycles. The molecule has 6 nitrogen and oxygen atoms in total. The summed E-state index contributed by atoms with van der Waals surface area (Å²) in [6, 6.07) is 8.99. The quantitative estimate of drug-likeness (QED) is 0.800. The maximum Gasteiger partial charge on any atom is 0.236 e. The molecule has 0 atom stereocenters. The Morgan fingerprint density at radius 2 is 1.90 bits per heavy atom. The Kier molecular flexibility index (Phi) is 4.23. The van der Waals surface area contributed by atoms with Gasteiger partial charge in [0.2, 0.25) is 5.82 Å². The number of halogens is 1. The fourth-order valence-electron chi connectivity index (χ4n) is 1.59. The Balaban J connectivity index is 2.37.